The van der Waals surface area contributed by atoms with Crippen LogP contribution in [-0.2, 0) is 4.79 Å². The molecule has 1 atom stereocenters. The summed E-state index contributed by atoms with van der Waals surface area (Å²) in [5.41, 5.74) is 4.87. The Balaban J connectivity index is 2.20. The van der Waals surface area contributed by atoms with Gasteiger partial charge in [-0.2, -0.15) is 0 Å². The van der Waals surface area contributed by atoms with Crippen LogP contribution in [0.25, 0.3) is 0 Å². The molecule has 1 amide bonds. The number of aliphatic carboxylic acids is 1. The number of hydrogen-bond acceptors (Lipinski definition) is 6. The Morgan fingerprint density at radius 3 is 2.67 bits per heavy atom. The summed E-state index contributed by atoms with van der Waals surface area (Å²) in [6, 6.07) is 1.08. The molecule has 1 aliphatic rings. The molecule has 0 spiro atoms. The monoisotopic (exact) mass is 294 g/mol. The minimum Gasteiger partial charge on any atom is -0.481 e. The summed E-state index contributed by atoms with van der Waals surface area (Å²) in [6.45, 7) is 2.44. The van der Waals surface area contributed by atoms with E-state index in [-0.39, 0.29) is 23.0 Å². The topological polar surface area (TPSA) is 140 Å². The molecule has 9 heteroatoms. The van der Waals surface area contributed by atoms with E-state index in [2.05, 4.69) is 4.98 Å². The van der Waals surface area contributed by atoms with Crippen molar-refractivity contribution < 1.29 is 19.6 Å². The van der Waals surface area contributed by atoms with Crippen LogP contribution in [0.4, 0.5) is 11.5 Å². The summed E-state index contributed by atoms with van der Waals surface area (Å²) in [7, 11) is 0. The lowest BCUT2D eigenvalue weighted by Crippen LogP contribution is -2.52. The first-order valence-corrected chi connectivity index (χ1v) is 6.23. The number of amides is 1. The molecule has 112 valence electrons. The van der Waals surface area contributed by atoms with Crippen molar-refractivity contribution >= 4 is 23.4 Å². The average molecular weight is 294 g/mol. The molecule has 2 heterocycles. The number of carboxylic acid groups (broad SMARTS) is 1. The fourth-order valence-corrected chi connectivity index (χ4v) is 2.18. The first-order chi connectivity index (χ1) is 9.81. The van der Waals surface area contributed by atoms with Crippen molar-refractivity contribution in [3.63, 3.8) is 0 Å². The fourth-order valence-electron chi connectivity index (χ4n) is 2.18. The van der Waals surface area contributed by atoms with Gasteiger partial charge in [0.25, 0.3) is 11.6 Å². The molecule has 0 saturated carbocycles. The van der Waals surface area contributed by atoms with E-state index in [0.29, 0.717) is 13.1 Å². The number of rotatable bonds is 5. The maximum Gasteiger partial charge on any atom is 0.306 e. The second kappa shape index (κ2) is 5.35. The van der Waals surface area contributed by atoms with Crippen LogP contribution in [-0.4, -0.2) is 40.0 Å². The third-order valence-corrected chi connectivity index (χ3v) is 3.63. The van der Waals surface area contributed by atoms with E-state index >= 15 is 0 Å². The Morgan fingerprint density at radius 2 is 2.19 bits per heavy atom. The van der Waals surface area contributed by atoms with Crippen molar-refractivity contribution in [2.75, 3.05) is 18.0 Å². The van der Waals surface area contributed by atoms with Crippen molar-refractivity contribution in [3.8, 4) is 0 Å². The molecule has 0 bridgehead atoms. The van der Waals surface area contributed by atoms with Gasteiger partial charge in [0.2, 0.25) is 0 Å². The first-order valence-electron chi connectivity index (χ1n) is 6.23. The normalized spacial score (nSPS) is 16.1. The maximum absolute atomic E-state index is 11.4. The van der Waals surface area contributed by atoms with Crippen molar-refractivity contribution in [3.05, 3.63) is 27.9 Å². The summed E-state index contributed by atoms with van der Waals surface area (Å²) in [6.07, 6.45) is 1.05. The van der Waals surface area contributed by atoms with Gasteiger partial charge >= 0.3 is 5.97 Å². The number of carboxylic acids is 1. The van der Waals surface area contributed by atoms with Gasteiger partial charge in [-0.1, -0.05) is 6.92 Å². The summed E-state index contributed by atoms with van der Waals surface area (Å²) in [4.78, 5) is 37.9. The molecule has 0 aromatic carbocycles. The van der Waals surface area contributed by atoms with Gasteiger partial charge in [-0.3, -0.25) is 19.7 Å². The lowest BCUT2D eigenvalue weighted by Gasteiger charge is -2.42. The SMILES string of the molecule is CC(C(=O)O)C1CN(c2ncc([N+](=O)[O-])cc2C(N)=O)C1. The minimum absolute atomic E-state index is 0.0365. The highest BCUT2D eigenvalue weighted by Gasteiger charge is 2.37. The first kappa shape index (κ1) is 14.7. The van der Waals surface area contributed by atoms with E-state index in [1.165, 1.54) is 0 Å². The van der Waals surface area contributed by atoms with Crippen LogP contribution < -0.4 is 10.6 Å². The van der Waals surface area contributed by atoms with Gasteiger partial charge in [-0.15, -0.1) is 0 Å². The molecule has 1 aromatic heterocycles. The number of hydrogen-bond donors (Lipinski definition) is 2. The van der Waals surface area contributed by atoms with Gasteiger partial charge in [0.05, 0.1) is 16.4 Å². The second-order valence-corrected chi connectivity index (χ2v) is 4.98. The Kier molecular flexibility index (Phi) is 3.74. The predicted molar refractivity (Wildman–Crippen MR) is 71.9 cm³/mol. The molecule has 9 nitrogen and oxygen atoms in total. The summed E-state index contributed by atoms with van der Waals surface area (Å²) in [5.74, 6) is -2.00. The molecule has 1 saturated heterocycles. The third kappa shape index (κ3) is 2.76. The largest absolute Gasteiger partial charge is 0.481 e. The zero-order chi connectivity index (χ0) is 15.7. The smallest absolute Gasteiger partial charge is 0.306 e. The second-order valence-electron chi connectivity index (χ2n) is 4.98. The van der Waals surface area contributed by atoms with E-state index in [1.807, 2.05) is 0 Å². The van der Waals surface area contributed by atoms with Gasteiger partial charge in [-0.25, -0.2) is 4.98 Å². The van der Waals surface area contributed by atoms with E-state index in [9.17, 15) is 19.7 Å². The van der Waals surface area contributed by atoms with Crippen LogP contribution in [0.3, 0.4) is 0 Å². The number of aromatic nitrogens is 1. The molecular formula is C12H14N4O5. The maximum atomic E-state index is 11.4. The number of carbonyl (C=O) groups excluding carboxylic acids is 1. The van der Waals surface area contributed by atoms with Crippen molar-refractivity contribution in [2.45, 2.75) is 6.92 Å². The number of carbonyl (C=O) groups is 2. The Bertz CT molecular complexity index is 612. The van der Waals surface area contributed by atoms with Gasteiger partial charge in [0.1, 0.15) is 12.0 Å². The summed E-state index contributed by atoms with van der Waals surface area (Å²) < 4.78 is 0. The predicted octanol–water partition coefficient (Wildman–Crippen LogP) is 0.246. The van der Waals surface area contributed by atoms with Crippen molar-refractivity contribution in [1.29, 1.82) is 0 Å². The van der Waals surface area contributed by atoms with Crippen LogP contribution in [0.1, 0.15) is 17.3 Å². The van der Waals surface area contributed by atoms with Gasteiger partial charge in [0, 0.05) is 25.1 Å². The van der Waals surface area contributed by atoms with E-state index < -0.39 is 22.7 Å². The van der Waals surface area contributed by atoms with E-state index in [4.69, 9.17) is 10.8 Å². The molecule has 0 radical (unpaired) electrons. The summed E-state index contributed by atoms with van der Waals surface area (Å²) in [5, 5.41) is 19.6. The van der Waals surface area contributed by atoms with E-state index in [0.717, 1.165) is 12.3 Å². The average Bonchev–Trinajstić information content (AvgIpc) is 2.36. The van der Waals surface area contributed by atoms with Crippen molar-refractivity contribution in [1.82, 2.24) is 4.98 Å². The Morgan fingerprint density at radius 1 is 1.57 bits per heavy atom. The fraction of sp³-hybridized carbons (Fsp3) is 0.417. The minimum atomic E-state index is -0.883. The molecule has 1 fully saturated rings. The number of nitrogens with zero attached hydrogens (tertiary/aromatic N) is 3. The number of nitrogens with two attached hydrogens (primary N) is 1. The molecule has 2 rings (SSSR count). The van der Waals surface area contributed by atoms with Gasteiger partial charge in [-0.05, 0) is 0 Å². The van der Waals surface area contributed by atoms with Crippen LogP contribution in [0.5, 0.6) is 0 Å². The molecule has 21 heavy (non-hydrogen) atoms. The standard InChI is InChI=1S/C12H14N4O5/c1-6(12(18)19)7-4-15(5-7)11-9(10(13)17)2-8(3-14-11)16(20)21/h2-3,6-7H,4-5H2,1H3,(H2,13,17)(H,18,19). The lowest BCUT2D eigenvalue weighted by molar-refractivity contribution is -0.385. The van der Waals surface area contributed by atoms with Crippen LogP contribution >= 0.6 is 0 Å². The van der Waals surface area contributed by atoms with E-state index in [1.54, 1.807) is 11.8 Å². The molecule has 1 aromatic rings. The lowest BCUT2D eigenvalue weighted by atomic mass is 9.87. The number of anilines is 1. The highest BCUT2D eigenvalue weighted by atomic mass is 16.6. The highest BCUT2D eigenvalue weighted by molar-refractivity contribution is 5.98. The molecule has 0 aliphatic carbocycles. The third-order valence-electron chi connectivity index (χ3n) is 3.63. The Labute approximate surface area is 119 Å². The van der Waals surface area contributed by atoms with Crippen LogP contribution in [0.2, 0.25) is 0 Å². The summed E-state index contributed by atoms with van der Waals surface area (Å²) >= 11 is 0. The number of nitro groups is 1. The molecule has 1 aliphatic heterocycles. The number of pyridine rings is 1. The Hall–Kier alpha value is -2.71. The molecular weight excluding hydrogens is 280 g/mol. The quantitative estimate of drug-likeness (QED) is 0.585. The zero-order valence-corrected chi connectivity index (χ0v) is 11.2. The van der Waals surface area contributed by atoms with Crippen LogP contribution in [0, 0.1) is 22.0 Å². The van der Waals surface area contributed by atoms with Gasteiger partial charge in [0.15, 0.2) is 0 Å². The molecule has 1 unspecified atom stereocenters. The highest BCUT2D eigenvalue weighted by Crippen LogP contribution is 2.31. The van der Waals surface area contributed by atoms with Crippen LogP contribution in [0.15, 0.2) is 12.3 Å². The van der Waals surface area contributed by atoms with Gasteiger partial charge < -0.3 is 15.7 Å². The zero-order valence-electron chi connectivity index (χ0n) is 11.2. The number of primary amides is 1. The molecule has 3 N–H and O–H groups in total. The van der Waals surface area contributed by atoms with Crippen molar-refractivity contribution in [2.24, 2.45) is 17.6 Å².